The normalized spacial score (nSPS) is 23.2. The number of aryl methyl sites for hydroxylation is 1. The third-order valence-corrected chi connectivity index (χ3v) is 5.82. The SMILES string of the molecule is CCCC1CCc2nc(NC(=O)CCOCC3CCCO3)sc2C1. The molecule has 1 aliphatic heterocycles. The third-order valence-electron chi connectivity index (χ3n) is 4.79. The Morgan fingerprint density at radius 3 is 3.17 bits per heavy atom. The zero-order chi connectivity index (χ0) is 16.8. The molecule has 1 N–H and O–H groups in total. The standard InChI is InChI=1S/C18H28N2O3S/c1-2-4-13-6-7-15-16(11-13)24-18(19-15)20-17(21)8-10-22-12-14-5-3-9-23-14/h13-14H,2-12H2,1H3,(H,19,20,21). The number of carbonyl (C=O) groups is 1. The van der Waals surface area contributed by atoms with E-state index in [1.165, 1.54) is 29.8 Å². The average Bonchev–Trinajstić information content (AvgIpc) is 3.20. The Balaban J connectivity index is 1.38. The molecule has 1 aromatic rings. The van der Waals surface area contributed by atoms with Crippen LogP contribution < -0.4 is 5.32 Å². The number of hydrogen-bond acceptors (Lipinski definition) is 5. The molecule has 0 saturated carbocycles. The summed E-state index contributed by atoms with van der Waals surface area (Å²) in [5.41, 5.74) is 1.19. The lowest BCUT2D eigenvalue weighted by Gasteiger charge is -2.19. The van der Waals surface area contributed by atoms with Crippen LogP contribution in [0.3, 0.4) is 0 Å². The van der Waals surface area contributed by atoms with E-state index in [2.05, 4.69) is 17.2 Å². The van der Waals surface area contributed by atoms with Gasteiger partial charge in [0.15, 0.2) is 5.13 Å². The van der Waals surface area contributed by atoms with Gasteiger partial charge in [-0.2, -0.15) is 0 Å². The first-order chi connectivity index (χ1) is 11.7. The largest absolute Gasteiger partial charge is 0.378 e. The van der Waals surface area contributed by atoms with Crippen LogP contribution >= 0.6 is 11.3 Å². The second-order valence-corrected chi connectivity index (χ2v) is 7.88. The molecule has 0 aromatic carbocycles. The van der Waals surface area contributed by atoms with Crippen LogP contribution in [-0.4, -0.2) is 36.8 Å². The fourth-order valence-electron chi connectivity index (χ4n) is 3.49. The van der Waals surface area contributed by atoms with Crippen molar-refractivity contribution < 1.29 is 14.3 Å². The predicted octanol–water partition coefficient (Wildman–Crippen LogP) is 3.57. The predicted molar refractivity (Wildman–Crippen MR) is 95.6 cm³/mol. The van der Waals surface area contributed by atoms with E-state index in [1.807, 2.05) is 0 Å². The first kappa shape index (κ1) is 17.8. The van der Waals surface area contributed by atoms with Crippen molar-refractivity contribution in [3.8, 4) is 0 Å². The van der Waals surface area contributed by atoms with E-state index >= 15 is 0 Å². The summed E-state index contributed by atoms with van der Waals surface area (Å²) in [6.45, 7) is 4.12. The molecule has 5 nitrogen and oxygen atoms in total. The van der Waals surface area contributed by atoms with Crippen molar-refractivity contribution in [3.05, 3.63) is 10.6 Å². The molecule has 0 bridgehead atoms. The minimum absolute atomic E-state index is 0.0152. The summed E-state index contributed by atoms with van der Waals surface area (Å²) in [7, 11) is 0. The van der Waals surface area contributed by atoms with Gasteiger partial charge in [0.05, 0.1) is 31.4 Å². The van der Waals surface area contributed by atoms with Gasteiger partial charge in [-0.25, -0.2) is 4.98 Å². The molecule has 1 aromatic heterocycles. The highest BCUT2D eigenvalue weighted by Gasteiger charge is 2.22. The molecule has 0 spiro atoms. The third kappa shape index (κ3) is 5.01. The first-order valence-corrected chi connectivity index (χ1v) is 10.0. The summed E-state index contributed by atoms with van der Waals surface area (Å²) in [6.07, 6.45) is 8.71. The summed E-state index contributed by atoms with van der Waals surface area (Å²) in [5.74, 6) is 0.774. The second-order valence-electron chi connectivity index (χ2n) is 6.79. The highest BCUT2D eigenvalue weighted by Crippen LogP contribution is 2.34. The van der Waals surface area contributed by atoms with Crippen molar-refractivity contribution in [1.29, 1.82) is 0 Å². The molecular weight excluding hydrogens is 324 g/mol. The lowest BCUT2D eigenvalue weighted by Crippen LogP contribution is -2.18. The Bertz CT molecular complexity index is 540. The van der Waals surface area contributed by atoms with Crippen molar-refractivity contribution in [2.24, 2.45) is 5.92 Å². The van der Waals surface area contributed by atoms with E-state index in [-0.39, 0.29) is 12.0 Å². The number of aromatic nitrogens is 1. The lowest BCUT2D eigenvalue weighted by molar-refractivity contribution is -0.117. The van der Waals surface area contributed by atoms with Crippen molar-refractivity contribution in [1.82, 2.24) is 4.98 Å². The summed E-state index contributed by atoms with van der Waals surface area (Å²) < 4.78 is 11.0. The number of anilines is 1. The quantitative estimate of drug-likeness (QED) is 0.727. The van der Waals surface area contributed by atoms with Gasteiger partial charge in [0.1, 0.15) is 0 Å². The maximum Gasteiger partial charge on any atom is 0.228 e. The average molecular weight is 353 g/mol. The topological polar surface area (TPSA) is 60.5 Å². The number of carbonyl (C=O) groups excluding carboxylic acids is 1. The molecule has 6 heteroatoms. The van der Waals surface area contributed by atoms with Gasteiger partial charge in [-0.1, -0.05) is 19.8 Å². The number of nitrogens with one attached hydrogen (secondary N) is 1. The zero-order valence-electron chi connectivity index (χ0n) is 14.5. The minimum Gasteiger partial charge on any atom is -0.378 e. The van der Waals surface area contributed by atoms with Gasteiger partial charge in [0.25, 0.3) is 0 Å². The summed E-state index contributed by atoms with van der Waals surface area (Å²) >= 11 is 1.65. The van der Waals surface area contributed by atoms with Gasteiger partial charge < -0.3 is 14.8 Å². The van der Waals surface area contributed by atoms with Crippen LogP contribution in [0.1, 0.15) is 56.0 Å². The highest BCUT2D eigenvalue weighted by atomic mass is 32.1. The Hall–Kier alpha value is -0.980. The molecule has 2 heterocycles. The van der Waals surface area contributed by atoms with Crippen LogP contribution in [0, 0.1) is 5.92 Å². The fourth-order valence-corrected chi connectivity index (χ4v) is 4.63. The number of nitrogens with zero attached hydrogens (tertiary/aromatic N) is 1. The molecular formula is C18H28N2O3S. The number of fused-ring (bicyclic) bond motifs is 1. The van der Waals surface area contributed by atoms with Gasteiger partial charge in [-0.3, -0.25) is 4.79 Å². The number of hydrogen-bond donors (Lipinski definition) is 1. The zero-order valence-corrected chi connectivity index (χ0v) is 15.3. The molecule has 24 heavy (non-hydrogen) atoms. The van der Waals surface area contributed by atoms with Crippen molar-refractivity contribution in [2.45, 2.75) is 64.4 Å². The fraction of sp³-hybridized carbons (Fsp3) is 0.778. The molecule has 134 valence electrons. The van der Waals surface area contributed by atoms with Crippen LogP contribution in [-0.2, 0) is 27.1 Å². The van der Waals surface area contributed by atoms with Crippen molar-refractivity contribution in [3.63, 3.8) is 0 Å². The van der Waals surface area contributed by atoms with Gasteiger partial charge in [-0.05, 0) is 38.0 Å². The summed E-state index contributed by atoms with van der Waals surface area (Å²) in [4.78, 5) is 18.0. The number of ether oxygens (including phenoxy) is 2. The molecule has 2 unspecified atom stereocenters. The van der Waals surface area contributed by atoms with E-state index in [4.69, 9.17) is 9.47 Å². The molecule has 1 fully saturated rings. The smallest absolute Gasteiger partial charge is 0.228 e. The lowest BCUT2D eigenvalue weighted by atomic mass is 9.88. The van der Waals surface area contributed by atoms with Crippen LogP contribution in [0.4, 0.5) is 5.13 Å². The highest BCUT2D eigenvalue weighted by molar-refractivity contribution is 7.15. The first-order valence-electron chi connectivity index (χ1n) is 9.22. The van der Waals surface area contributed by atoms with Crippen LogP contribution in [0.5, 0.6) is 0 Å². The van der Waals surface area contributed by atoms with Gasteiger partial charge in [0, 0.05) is 11.5 Å². The van der Waals surface area contributed by atoms with Crippen molar-refractivity contribution >= 4 is 22.4 Å². The van der Waals surface area contributed by atoms with Crippen LogP contribution in [0.25, 0.3) is 0 Å². The van der Waals surface area contributed by atoms with Crippen molar-refractivity contribution in [2.75, 3.05) is 25.1 Å². The molecule has 2 atom stereocenters. The maximum atomic E-state index is 12.0. The minimum atomic E-state index is -0.0152. The van der Waals surface area contributed by atoms with Gasteiger partial charge in [0.2, 0.25) is 5.91 Å². The van der Waals surface area contributed by atoms with Gasteiger partial charge >= 0.3 is 0 Å². The van der Waals surface area contributed by atoms with E-state index in [0.29, 0.717) is 19.6 Å². The Morgan fingerprint density at radius 2 is 2.38 bits per heavy atom. The maximum absolute atomic E-state index is 12.0. The van der Waals surface area contributed by atoms with E-state index < -0.39 is 0 Å². The number of amides is 1. The molecule has 3 rings (SSSR count). The number of thiazole rings is 1. The monoisotopic (exact) mass is 352 g/mol. The molecule has 2 aliphatic rings. The summed E-state index contributed by atoms with van der Waals surface area (Å²) in [5, 5.41) is 3.68. The molecule has 1 amide bonds. The Kier molecular flexibility index (Phi) is 6.63. The molecule has 1 saturated heterocycles. The molecule has 0 radical (unpaired) electrons. The summed E-state index contributed by atoms with van der Waals surface area (Å²) in [6, 6.07) is 0. The molecule has 1 aliphatic carbocycles. The van der Waals surface area contributed by atoms with Crippen LogP contribution in [0.2, 0.25) is 0 Å². The van der Waals surface area contributed by atoms with E-state index in [1.54, 1.807) is 11.3 Å². The second kappa shape index (κ2) is 8.92. The van der Waals surface area contributed by atoms with E-state index in [0.717, 1.165) is 43.3 Å². The van der Waals surface area contributed by atoms with E-state index in [9.17, 15) is 4.79 Å². The Labute approximate surface area is 148 Å². The van der Waals surface area contributed by atoms with Gasteiger partial charge in [-0.15, -0.1) is 11.3 Å². The van der Waals surface area contributed by atoms with Crippen LogP contribution in [0.15, 0.2) is 0 Å². The Morgan fingerprint density at radius 1 is 1.46 bits per heavy atom. The number of rotatable bonds is 8.